The third-order valence-electron chi connectivity index (χ3n) is 4.35. The van der Waals surface area contributed by atoms with Crippen molar-refractivity contribution in [2.75, 3.05) is 6.61 Å². The molecule has 1 aromatic heterocycles. The molecule has 1 aromatic carbocycles. The number of carbonyl (C=O) groups excluding carboxylic acids is 1. The average Bonchev–Trinajstić information content (AvgIpc) is 2.97. The van der Waals surface area contributed by atoms with Crippen LogP contribution in [0.4, 0.5) is 0 Å². The fourth-order valence-electron chi connectivity index (χ4n) is 3.07. The van der Waals surface area contributed by atoms with Crippen LogP contribution < -0.4 is 4.72 Å². The standard InChI is InChI=1S/C17H21N3O4S/c1-3-24-17(21)12-7-9-13(10-8-12)25(22,23)19-15-5-4-6-16-14(15)11-18-20(16)2/h7-11,15,19H,3-6H2,1-2H3. The lowest BCUT2D eigenvalue weighted by Gasteiger charge is -2.23. The molecule has 1 atom stereocenters. The fourth-order valence-corrected chi connectivity index (χ4v) is 4.32. The maximum atomic E-state index is 12.7. The van der Waals surface area contributed by atoms with Crippen LogP contribution in [0.1, 0.15) is 47.4 Å². The van der Waals surface area contributed by atoms with Gasteiger partial charge in [-0.15, -0.1) is 0 Å². The number of aryl methyl sites for hydroxylation is 1. The third kappa shape index (κ3) is 3.59. The number of hydrogen-bond acceptors (Lipinski definition) is 5. The Morgan fingerprint density at radius 1 is 1.36 bits per heavy atom. The summed E-state index contributed by atoms with van der Waals surface area (Å²) in [5.41, 5.74) is 2.32. The first-order valence-electron chi connectivity index (χ1n) is 8.22. The van der Waals surface area contributed by atoms with Crippen molar-refractivity contribution in [3.05, 3.63) is 47.3 Å². The van der Waals surface area contributed by atoms with Crippen LogP contribution in [0.15, 0.2) is 35.4 Å². The quantitative estimate of drug-likeness (QED) is 0.820. The number of carbonyl (C=O) groups is 1. The summed E-state index contributed by atoms with van der Waals surface area (Å²) >= 11 is 0. The van der Waals surface area contributed by atoms with E-state index < -0.39 is 16.0 Å². The SMILES string of the molecule is CCOC(=O)c1ccc(S(=O)(=O)NC2CCCc3c2cnn3C)cc1. The molecule has 0 fully saturated rings. The molecule has 3 rings (SSSR count). The van der Waals surface area contributed by atoms with E-state index >= 15 is 0 Å². The van der Waals surface area contributed by atoms with Crippen LogP contribution in [0.2, 0.25) is 0 Å². The topological polar surface area (TPSA) is 90.3 Å². The molecule has 0 spiro atoms. The van der Waals surface area contributed by atoms with Crippen LogP contribution >= 0.6 is 0 Å². The van der Waals surface area contributed by atoms with Gasteiger partial charge in [-0.05, 0) is 50.5 Å². The number of aromatic nitrogens is 2. The monoisotopic (exact) mass is 363 g/mol. The van der Waals surface area contributed by atoms with E-state index in [1.165, 1.54) is 24.3 Å². The van der Waals surface area contributed by atoms with Gasteiger partial charge in [-0.3, -0.25) is 4.68 Å². The highest BCUT2D eigenvalue weighted by atomic mass is 32.2. The summed E-state index contributed by atoms with van der Waals surface area (Å²) in [4.78, 5) is 11.8. The van der Waals surface area contributed by atoms with Gasteiger partial charge in [0.15, 0.2) is 0 Å². The molecule has 0 saturated heterocycles. The highest BCUT2D eigenvalue weighted by molar-refractivity contribution is 7.89. The summed E-state index contributed by atoms with van der Waals surface area (Å²) in [5, 5.41) is 4.23. The van der Waals surface area contributed by atoms with Crippen molar-refractivity contribution >= 4 is 16.0 Å². The summed E-state index contributed by atoms with van der Waals surface area (Å²) in [6, 6.07) is 5.47. The van der Waals surface area contributed by atoms with Crippen LogP contribution in [-0.4, -0.2) is 30.8 Å². The minimum atomic E-state index is -3.69. The zero-order valence-electron chi connectivity index (χ0n) is 14.2. The van der Waals surface area contributed by atoms with Crippen molar-refractivity contribution in [1.29, 1.82) is 0 Å². The third-order valence-corrected chi connectivity index (χ3v) is 5.84. The minimum Gasteiger partial charge on any atom is -0.462 e. The first-order valence-corrected chi connectivity index (χ1v) is 9.71. The Bertz CT molecular complexity index is 872. The van der Waals surface area contributed by atoms with Gasteiger partial charge in [-0.25, -0.2) is 17.9 Å². The normalized spacial score (nSPS) is 17.1. The number of esters is 1. The van der Waals surface area contributed by atoms with Gasteiger partial charge in [-0.1, -0.05) is 0 Å². The molecule has 134 valence electrons. The highest BCUT2D eigenvalue weighted by Gasteiger charge is 2.28. The van der Waals surface area contributed by atoms with Crippen LogP contribution in [-0.2, 0) is 28.2 Å². The number of fused-ring (bicyclic) bond motifs is 1. The molecule has 8 heteroatoms. The number of rotatable bonds is 5. The van der Waals surface area contributed by atoms with Crippen LogP contribution in [0, 0.1) is 0 Å². The van der Waals surface area contributed by atoms with E-state index in [0.29, 0.717) is 5.56 Å². The lowest BCUT2D eigenvalue weighted by atomic mass is 9.94. The van der Waals surface area contributed by atoms with E-state index in [1.54, 1.807) is 17.8 Å². The number of hydrogen-bond donors (Lipinski definition) is 1. The first kappa shape index (κ1) is 17.6. The molecule has 2 aromatic rings. The molecule has 0 bridgehead atoms. The minimum absolute atomic E-state index is 0.122. The Hall–Kier alpha value is -2.19. The number of ether oxygens (including phenoxy) is 1. The van der Waals surface area contributed by atoms with Gasteiger partial charge in [0.25, 0.3) is 0 Å². The molecule has 1 N–H and O–H groups in total. The van der Waals surface area contributed by atoms with E-state index in [0.717, 1.165) is 30.5 Å². The van der Waals surface area contributed by atoms with Crippen molar-refractivity contribution in [2.24, 2.45) is 7.05 Å². The number of sulfonamides is 1. The van der Waals surface area contributed by atoms with Crippen molar-refractivity contribution in [2.45, 2.75) is 37.1 Å². The van der Waals surface area contributed by atoms with Gasteiger partial charge in [0.2, 0.25) is 10.0 Å². The number of benzene rings is 1. The molecule has 1 unspecified atom stereocenters. The Morgan fingerprint density at radius 2 is 2.08 bits per heavy atom. The Balaban J connectivity index is 1.80. The first-order chi connectivity index (χ1) is 11.9. The largest absolute Gasteiger partial charge is 0.462 e. The lowest BCUT2D eigenvalue weighted by Crippen LogP contribution is -2.31. The lowest BCUT2D eigenvalue weighted by molar-refractivity contribution is 0.0526. The van der Waals surface area contributed by atoms with Crippen LogP contribution in [0.5, 0.6) is 0 Å². The highest BCUT2D eigenvalue weighted by Crippen LogP contribution is 2.30. The molecule has 0 aliphatic heterocycles. The predicted octanol–water partition coefficient (Wildman–Crippen LogP) is 1.95. The summed E-state index contributed by atoms with van der Waals surface area (Å²) in [5.74, 6) is -0.466. The molecule has 25 heavy (non-hydrogen) atoms. The molecular weight excluding hydrogens is 342 g/mol. The van der Waals surface area contributed by atoms with E-state index in [2.05, 4.69) is 9.82 Å². The van der Waals surface area contributed by atoms with Crippen molar-refractivity contribution < 1.29 is 17.9 Å². The number of nitrogens with zero attached hydrogens (tertiary/aromatic N) is 2. The second-order valence-corrected chi connectivity index (χ2v) is 7.70. The smallest absolute Gasteiger partial charge is 0.338 e. The van der Waals surface area contributed by atoms with Gasteiger partial charge in [-0.2, -0.15) is 5.10 Å². The number of nitrogens with one attached hydrogen (secondary N) is 1. The molecule has 1 heterocycles. The summed E-state index contributed by atoms with van der Waals surface area (Å²) in [6.45, 7) is 1.99. The molecule has 1 aliphatic carbocycles. The fraction of sp³-hybridized carbons (Fsp3) is 0.412. The van der Waals surface area contributed by atoms with Gasteiger partial charge in [0.1, 0.15) is 0 Å². The maximum Gasteiger partial charge on any atom is 0.338 e. The second kappa shape index (κ2) is 6.97. The Labute approximate surface area is 147 Å². The zero-order valence-corrected chi connectivity index (χ0v) is 15.0. The Kier molecular flexibility index (Phi) is 4.91. The van der Waals surface area contributed by atoms with Crippen molar-refractivity contribution in [3.8, 4) is 0 Å². The van der Waals surface area contributed by atoms with Crippen LogP contribution in [0.25, 0.3) is 0 Å². The van der Waals surface area contributed by atoms with E-state index in [4.69, 9.17) is 4.74 Å². The van der Waals surface area contributed by atoms with E-state index in [9.17, 15) is 13.2 Å². The van der Waals surface area contributed by atoms with Crippen molar-refractivity contribution in [3.63, 3.8) is 0 Å². The van der Waals surface area contributed by atoms with Crippen LogP contribution in [0.3, 0.4) is 0 Å². The molecule has 7 nitrogen and oxygen atoms in total. The Morgan fingerprint density at radius 3 is 2.76 bits per heavy atom. The van der Waals surface area contributed by atoms with Crippen molar-refractivity contribution in [1.82, 2.24) is 14.5 Å². The summed E-state index contributed by atoms with van der Waals surface area (Å²) in [6.07, 6.45) is 4.27. The molecule has 0 saturated carbocycles. The summed E-state index contributed by atoms with van der Waals surface area (Å²) in [7, 11) is -1.82. The molecular formula is C17H21N3O4S. The van der Waals surface area contributed by atoms with Gasteiger partial charge >= 0.3 is 5.97 Å². The average molecular weight is 363 g/mol. The predicted molar refractivity (Wildman–Crippen MR) is 91.6 cm³/mol. The molecule has 1 aliphatic rings. The van der Waals surface area contributed by atoms with Gasteiger partial charge < -0.3 is 4.74 Å². The molecule has 0 amide bonds. The van der Waals surface area contributed by atoms with Gasteiger partial charge in [0, 0.05) is 18.3 Å². The van der Waals surface area contributed by atoms with Gasteiger partial charge in [0.05, 0.1) is 29.3 Å². The molecule has 0 radical (unpaired) electrons. The summed E-state index contributed by atoms with van der Waals surface area (Å²) < 4.78 is 34.8. The second-order valence-electron chi connectivity index (χ2n) is 5.98. The zero-order chi connectivity index (χ0) is 18.0. The van der Waals surface area contributed by atoms with E-state index in [-0.39, 0.29) is 17.5 Å². The van der Waals surface area contributed by atoms with E-state index in [1.807, 2.05) is 7.05 Å². The maximum absolute atomic E-state index is 12.7.